The number of aliphatic hydroxyl groups is 1. The number of benzene rings is 2. The van der Waals surface area contributed by atoms with Crippen molar-refractivity contribution in [3.8, 4) is 0 Å². The van der Waals surface area contributed by atoms with E-state index in [1.54, 1.807) is 79.8 Å². The zero-order valence-electron chi connectivity index (χ0n) is 26.2. The molecule has 4 heterocycles. The molecule has 12 heteroatoms. The summed E-state index contributed by atoms with van der Waals surface area (Å²) < 4.78 is 18.2. The Labute approximate surface area is 278 Å². The highest BCUT2D eigenvalue weighted by atomic mass is 35.5. The number of allylic oxidation sites excluding steroid dienone is 1. The molecule has 0 unspecified atom stereocenters. The first-order valence-electron chi connectivity index (χ1n) is 15.8. The summed E-state index contributed by atoms with van der Waals surface area (Å²) in [6.07, 6.45) is 5.69. The molecule has 2 aromatic rings. The number of hydrogen-bond acceptors (Lipinski definition) is 8. The zero-order valence-corrected chi connectivity index (χ0v) is 26.9. The van der Waals surface area contributed by atoms with Crippen molar-refractivity contribution in [3.63, 3.8) is 0 Å². The van der Waals surface area contributed by atoms with Crippen LogP contribution < -0.4 is 10.2 Å². The molecule has 2 saturated heterocycles. The van der Waals surface area contributed by atoms with Crippen molar-refractivity contribution >= 4 is 41.0 Å². The van der Waals surface area contributed by atoms with E-state index in [0.717, 1.165) is 0 Å². The molecule has 0 aromatic heterocycles. The maximum absolute atomic E-state index is 14.8. The van der Waals surface area contributed by atoms with E-state index >= 15 is 0 Å². The van der Waals surface area contributed by atoms with Gasteiger partial charge in [0.1, 0.15) is 23.7 Å². The zero-order chi connectivity index (χ0) is 33.3. The van der Waals surface area contributed by atoms with Crippen molar-refractivity contribution < 1.29 is 38.5 Å². The number of rotatable bonds is 6. The number of cyclic esters (lactones) is 1. The smallest absolute Gasteiger partial charge is 0.313 e. The van der Waals surface area contributed by atoms with Crippen LogP contribution in [0.3, 0.4) is 0 Å². The van der Waals surface area contributed by atoms with E-state index in [2.05, 4.69) is 5.32 Å². The van der Waals surface area contributed by atoms with Gasteiger partial charge >= 0.3 is 5.97 Å². The maximum atomic E-state index is 14.8. The molecule has 3 amide bonds. The van der Waals surface area contributed by atoms with Gasteiger partial charge in [-0.05, 0) is 31.0 Å². The fourth-order valence-electron chi connectivity index (χ4n) is 7.25. The van der Waals surface area contributed by atoms with E-state index < -0.39 is 72.2 Å². The van der Waals surface area contributed by atoms with Gasteiger partial charge in [0.15, 0.2) is 0 Å². The molecule has 0 radical (unpaired) electrons. The monoisotopic (exact) mass is 663 g/mol. The van der Waals surface area contributed by atoms with Gasteiger partial charge in [-0.1, -0.05) is 78.4 Å². The molecule has 248 valence electrons. The fraction of sp³-hybridized carbons (Fsp3) is 0.429. The van der Waals surface area contributed by atoms with Crippen LogP contribution in [0.25, 0.3) is 0 Å². The van der Waals surface area contributed by atoms with Crippen LogP contribution in [0.2, 0.25) is 5.02 Å². The summed E-state index contributed by atoms with van der Waals surface area (Å²) in [5.74, 6) is -4.14. The summed E-state index contributed by atoms with van der Waals surface area (Å²) in [5, 5.41) is 13.6. The molecular weight excluding hydrogens is 626 g/mol. The highest BCUT2D eigenvalue weighted by Crippen LogP contribution is 2.56. The minimum atomic E-state index is -1.49. The molecule has 6 rings (SSSR count). The average Bonchev–Trinajstić information content (AvgIpc) is 3.72. The van der Waals surface area contributed by atoms with Gasteiger partial charge in [-0.3, -0.25) is 19.2 Å². The van der Waals surface area contributed by atoms with Crippen LogP contribution in [0, 0.1) is 11.8 Å². The molecule has 1 spiro atoms. The van der Waals surface area contributed by atoms with Crippen molar-refractivity contribution in [1.29, 1.82) is 0 Å². The predicted octanol–water partition coefficient (Wildman–Crippen LogP) is 2.97. The summed E-state index contributed by atoms with van der Waals surface area (Å²) in [4.78, 5) is 59.4. The van der Waals surface area contributed by atoms with Crippen LogP contribution in [-0.2, 0) is 33.4 Å². The number of methoxy groups -OCH3 is 1. The number of halogens is 1. The Morgan fingerprint density at radius 3 is 2.53 bits per heavy atom. The lowest BCUT2D eigenvalue weighted by molar-refractivity contribution is -0.162. The van der Waals surface area contributed by atoms with Crippen LogP contribution in [0.4, 0.5) is 5.69 Å². The number of likely N-dealkylation sites (tertiary alicyclic amines) is 1. The third-order valence-corrected chi connectivity index (χ3v) is 9.71. The molecule has 2 N–H and O–H groups in total. The Hall–Kier alpha value is -4.03. The first-order valence-corrected chi connectivity index (χ1v) is 16.1. The quantitative estimate of drug-likeness (QED) is 0.356. The second-order valence-corrected chi connectivity index (χ2v) is 12.7. The second-order valence-electron chi connectivity index (χ2n) is 12.3. The largest absolute Gasteiger partial charge is 0.455 e. The molecule has 0 aliphatic carbocycles. The molecule has 2 aromatic carbocycles. The van der Waals surface area contributed by atoms with E-state index in [9.17, 15) is 24.3 Å². The van der Waals surface area contributed by atoms with Crippen LogP contribution in [-0.4, -0.2) is 90.4 Å². The summed E-state index contributed by atoms with van der Waals surface area (Å²) >= 11 is 6.60. The summed E-state index contributed by atoms with van der Waals surface area (Å²) in [7, 11) is 1.50. The lowest BCUT2D eigenvalue weighted by Gasteiger charge is -2.38. The predicted molar refractivity (Wildman–Crippen MR) is 172 cm³/mol. The van der Waals surface area contributed by atoms with E-state index in [-0.39, 0.29) is 25.5 Å². The van der Waals surface area contributed by atoms with Crippen LogP contribution >= 0.6 is 11.6 Å². The number of para-hydroxylation sites is 1. The van der Waals surface area contributed by atoms with Gasteiger partial charge in [-0.2, -0.15) is 0 Å². The Kier molecular flexibility index (Phi) is 9.52. The standard InChI is InChI=1S/C35H38ClN3O8/c1-21(19-40)39-31-33(43)38(25-14-9-8-13-23(25)36)18-10-4-7-15-27(41)37-24(20-45-2)30(22-11-5-3-6-12-22)46-34(44)28-26-16-17-35(31,47-26)29(28)32(39)42/h3-6,8-14,16-17,21,24,26,28-31,40H,7,15,18-20H2,1-2H3,(H,37,41)/b10-4-/t21-,24-,26+,28-,29-,30-,31+,35-/m1/s1. The minimum absolute atomic E-state index is 0.0520. The van der Waals surface area contributed by atoms with E-state index in [4.69, 9.17) is 25.8 Å². The van der Waals surface area contributed by atoms with Crippen molar-refractivity contribution in [3.05, 3.63) is 89.5 Å². The Balaban J connectivity index is 1.47. The maximum Gasteiger partial charge on any atom is 0.313 e. The third kappa shape index (κ3) is 5.86. The average molecular weight is 664 g/mol. The summed E-state index contributed by atoms with van der Waals surface area (Å²) in [5.41, 5.74) is -0.443. The Bertz CT molecular complexity index is 1580. The fourth-order valence-corrected chi connectivity index (χ4v) is 7.49. The molecule has 8 atom stereocenters. The van der Waals surface area contributed by atoms with Crippen molar-refractivity contribution in [2.45, 2.75) is 55.7 Å². The Morgan fingerprint density at radius 1 is 1.06 bits per heavy atom. The number of nitrogens with one attached hydrogen (secondary N) is 1. The highest BCUT2D eigenvalue weighted by molar-refractivity contribution is 6.34. The molecule has 2 fully saturated rings. The number of hydrogen-bond donors (Lipinski definition) is 2. The van der Waals surface area contributed by atoms with Gasteiger partial charge in [-0.15, -0.1) is 0 Å². The number of aliphatic hydroxyl groups excluding tert-OH is 1. The SMILES string of the molecule is COC[C@H]1NC(=O)CC/C=C\CN(c2ccccc2Cl)C(=O)[C@@H]2N([C@H](C)CO)C(=O)[C@H]3[C@H](C(=O)O[C@@H]1c1ccccc1)[C@@H]1C=C[C@]23O1. The van der Waals surface area contributed by atoms with Crippen molar-refractivity contribution in [2.75, 3.05) is 31.8 Å². The van der Waals surface area contributed by atoms with Gasteiger partial charge in [0.25, 0.3) is 5.91 Å². The first-order chi connectivity index (χ1) is 22.7. The lowest BCUT2D eigenvalue weighted by atomic mass is 9.74. The van der Waals surface area contributed by atoms with Crippen molar-refractivity contribution in [1.82, 2.24) is 10.2 Å². The first kappa shape index (κ1) is 32.9. The number of nitrogens with zero attached hydrogens (tertiary/aromatic N) is 2. The van der Waals surface area contributed by atoms with E-state index in [1.807, 2.05) is 6.07 Å². The normalized spacial score (nSPS) is 32.3. The van der Waals surface area contributed by atoms with E-state index in [0.29, 0.717) is 22.7 Å². The number of esters is 1. The number of amides is 3. The number of carbonyl (C=O) groups is 4. The molecular formula is C35H38ClN3O8. The molecule has 5 bridgehead atoms. The number of fused-ring (bicyclic) bond motifs is 2. The molecule has 0 saturated carbocycles. The molecule has 4 aliphatic heterocycles. The number of ether oxygens (including phenoxy) is 3. The van der Waals surface area contributed by atoms with Crippen LogP contribution in [0.1, 0.15) is 31.4 Å². The van der Waals surface area contributed by atoms with Gasteiger partial charge in [0, 0.05) is 20.1 Å². The Morgan fingerprint density at radius 2 is 1.81 bits per heavy atom. The van der Waals surface area contributed by atoms with E-state index in [1.165, 1.54) is 16.9 Å². The molecule has 11 nitrogen and oxygen atoms in total. The lowest BCUT2D eigenvalue weighted by Crippen LogP contribution is -2.58. The number of anilines is 1. The molecule has 4 aliphatic rings. The van der Waals surface area contributed by atoms with Crippen LogP contribution in [0.5, 0.6) is 0 Å². The summed E-state index contributed by atoms with van der Waals surface area (Å²) in [6, 6.07) is 13.2. The van der Waals surface area contributed by atoms with Crippen molar-refractivity contribution in [2.24, 2.45) is 11.8 Å². The topological polar surface area (TPSA) is 135 Å². The number of carbonyl (C=O) groups excluding carboxylic acids is 4. The second kappa shape index (κ2) is 13.6. The molecule has 47 heavy (non-hydrogen) atoms. The summed E-state index contributed by atoms with van der Waals surface area (Å²) in [6.45, 7) is 1.37. The van der Waals surface area contributed by atoms with Gasteiger partial charge in [0.05, 0.1) is 48.0 Å². The third-order valence-electron chi connectivity index (χ3n) is 9.39. The highest BCUT2D eigenvalue weighted by Gasteiger charge is 2.74. The minimum Gasteiger partial charge on any atom is -0.455 e. The van der Waals surface area contributed by atoms with Crippen LogP contribution in [0.15, 0.2) is 78.9 Å². The van der Waals surface area contributed by atoms with Gasteiger partial charge in [0.2, 0.25) is 11.8 Å². The van der Waals surface area contributed by atoms with Gasteiger partial charge < -0.3 is 34.4 Å². The van der Waals surface area contributed by atoms with Gasteiger partial charge in [-0.25, -0.2) is 0 Å².